The number of hydrogen-bond donors (Lipinski definition) is 2. The summed E-state index contributed by atoms with van der Waals surface area (Å²) >= 11 is 0. The predicted octanol–water partition coefficient (Wildman–Crippen LogP) is 3.17. The predicted molar refractivity (Wildman–Crippen MR) is 132 cm³/mol. The molecule has 8 heteroatoms. The van der Waals surface area contributed by atoms with Crippen molar-refractivity contribution in [2.75, 3.05) is 40.3 Å². The Morgan fingerprint density at radius 2 is 1.57 bits per heavy atom. The van der Waals surface area contributed by atoms with E-state index in [1.165, 1.54) is 4.90 Å². The lowest BCUT2D eigenvalue weighted by molar-refractivity contribution is -0.147. The fourth-order valence-corrected chi connectivity index (χ4v) is 4.90. The molecule has 0 heterocycles. The van der Waals surface area contributed by atoms with Crippen molar-refractivity contribution in [3.8, 4) is 11.1 Å². The maximum Gasteiger partial charge on any atom is 0.408 e. The number of benzene rings is 2. The second-order valence-electron chi connectivity index (χ2n) is 9.85. The van der Waals surface area contributed by atoms with Gasteiger partial charge in [0.05, 0.1) is 0 Å². The summed E-state index contributed by atoms with van der Waals surface area (Å²) in [6.07, 6.45) is 0.915. The molecule has 2 N–H and O–H groups in total. The molecule has 1 saturated carbocycles. The first kappa shape index (κ1) is 24.7. The molecule has 0 aromatic heterocycles. The number of carbonyl (C=O) groups is 3. The van der Waals surface area contributed by atoms with Crippen LogP contribution < -0.4 is 5.32 Å². The highest BCUT2D eigenvalue weighted by Gasteiger charge is 2.50. The topological polar surface area (TPSA) is 99.2 Å². The highest BCUT2D eigenvalue weighted by atomic mass is 16.5. The van der Waals surface area contributed by atoms with E-state index in [0.717, 1.165) is 35.1 Å². The lowest BCUT2D eigenvalue weighted by atomic mass is 9.93. The zero-order valence-electron chi connectivity index (χ0n) is 20.5. The van der Waals surface area contributed by atoms with Crippen molar-refractivity contribution >= 4 is 18.0 Å². The highest BCUT2D eigenvalue weighted by molar-refractivity contribution is 5.92. The summed E-state index contributed by atoms with van der Waals surface area (Å²) in [4.78, 5) is 41.1. The number of fused-ring (bicyclic) bond motifs is 3. The third kappa shape index (κ3) is 5.32. The molecule has 0 radical (unpaired) electrons. The number of amides is 2. The number of carboxylic acids is 1. The van der Waals surface area contributed by atoms with Crippen LogP contribution in [0.15, 0.2) is 48.5 Å². The number of carboxylic acid groups (broad SMARTS) is 1. The standard InChI is InChI=1S/C27H33N3O5/c1-27(18-12-13-18,25(33)30(16-24(31)32)15-14-29(2)3)28-26(34)35-17-23-21-10-6-4-8-19(21)20-9-5-7-11-22(20)23/h4-11,18,23H,12-17H2,1-3H3,(H,28,34)(H,31,32). The number of aliphatic carboxylic acids is 1. The van der Waals surface area contributed by atoms with E-state index in [0.29, 0.717) is 6.54 Å². The molecule has 35 heavy (non-hydrogen) atoms. The first-order chi connectivity index (χ1) is 16.7. The van der Waals surface area contributed by atoms with Crippen molar-refractivity contribution in [3.63, 3.8) is 0 Å². The number of rotatable bonds is 10. The van der Waals surface area contributed by atoms with E-state index in [9.17, 15) is 19.5 Å². The Kier molecular flexibility index (Phi) is 7.12. The third-order valence-electron chi connectivity index (χ3n) is 6.97. The van der Waals surface area contributed by atoms with Crippen LogP contribution in [0.2, 0.25) is 0 Å². The molecule has 1 unspecified atom stereocenters. The van der Waals surface area contributed by atoms with Crippen molar-refractivity contribution in [2.24, 2.45) is 5.92 Å². The van der Waals surface area contributed by atoms with Gasteiger partial charge in [0, 0.05) is 19.0 Å². The quantitative estimate of drug-likeness (QED) is 0.543. The fourth-order valence-electron chi connectivity index (χ4n) is 4.90. The molecule has 1 atom stereocenters. The maximum absolute atomic E-state index is 13.5. The van der Waals surface area contributed by atoms with Gasteiger partial charge in [-0.15, -0.1) is 0 Å². The van der Waals surface area contributed by atoms with Crippen LogP contribution in [0.1, 0.15) is 36.8 Å². The molecule has 0 saturated heterocycles. The van der Waals surface area contributed by atoms with E-state index < -0.39 is 30.1 Å². The maximum atomic E-state index is 13.5. The Balaban J connectivity index is 1.46. The summed E-state index contributed by atoms with van der Waals surface area (Å²) < 4.78 is 5.68. The molecule has 2 aromatic rings. The molecule has 2 amide bonds. The molecule has 0 spiro atoms. The zero-order chi connectivity index (χ0) is 25.2. The van der Waals surface area contributed by atoms with Gasteiger partial charge >= 0.3 is 12.1 Å². The number of carbonyl (C=O) groups excluding carboxylic acids is 2. The van der Waals surface area contributed by atoms with E-state index in [4.69, 9.17) is 4.74 Å². The Morgan fingerprint density at radius 3 is 2.09 bits per heavy atom. The van der Waals surface area contributed by atoms with E-state index in [2.05, 4.69) is 17.4 Å². The molecule has 2 aliphatic rings. The number of ether oxygens (including phenoxy) is 1. The summed E-state index contributed by atoms with van der Waals surface area (Å²) in [5.41, 5.74) is 3.28. The summed E-state index contributed by atoms with van der Waals surface area (Å²) in [6.45, 7) is 2.19. The third-order valence-corrected chi connectivity index (χ3v) is 6.97. The molecule has 8 nitrogen and oxygen atoms in total. The summed E-state index contributed by atoms with van der Waals surface area (Å²) in [5, 5.41) is 12.2. The number of alkyl carbamates (subject to hydrolysis) is 1. The molecule has 4 rings (SSSR count). The Labute approximate surface area is 205 Å². The van der Waals surface area contributed by atoms with Gasteiger partial charge < -0.3 is 25.0 Å². The first-order valence-electron chi connectivity index (χ1n) is 12.0. The normalized spacial score (nSPS) is 16.2. The minimum Gasteiger partial charge on any atom is -0.480 e. The number of likely N-dealkylation sites (N-methyl/N-ethyl adjacent to an activating group) is 1. The van der Waals surface area contributed by atoms with Crippen LogP contribution in [0, 0.1) is 5.92 Å². The lowest BCUT2D eigenvalue weighted by Gasteiger charge is -2.35. The van der Waals surface area contributed by atoms with Crippen molar-refractivity contribution in [2.45, 2.75) is 31.2 Å². The highest BCUT2D eigenvalue weighted by Crippen LogP contribution is 2.45. The molecule has 0 aliphatic heterocycles. The fraction of sp³-hybridized carbons (Fsp3) is 0.444. The molecule has 186 valence electrons. The molecule has 2 aromatic carbocycles. The Bertz CT molecular complexity index is 1070. The van der Waals surface area contributed by atoms with Gasteiger partial charge in [-0.05, 0) is 62.0 Å². The Morgan fingerprint density at radius 1 is 1.00 bits per heavy atom. The summed E-state index contributed by atoms with van der Waals surface area (Å²) in [5.74, 6) is -1.61. The van der Waals surface area contributed by atoms with Gasteiger partial charge in [0.15, 0.2) is 0 Å². The largest absolute Gasteiger partial charge is 0.480 e. The minimum atomic E-state index is -1.22. The van der Waals surface area contributed by atoms with Crippen LogP contribution in [0.3, 0.4) is 0 Å². The van der Waals surface area contributed by atoms with Crippen molar-refractivity contribution in [3.05, 3.63) is 59.7 Å². The lowest BCUT2D eigenvalue weighted by Crippen LogP contribution is -2.60. The second-order valence-corrected chi connectivity index (χ2v) is 9.85. The van der Waals surface area contributed by atoms with Crippen LogP contribution in [0.4, 0.5) is 4.79 Å². The molecular weight excluding hydrogens is 446 g/mol. The van der Waals surface area contributed by atoms with E-state index >= 15 is 0 Å². The van der Waals surface area contributed by atoms with Crippen LogP contribution in [-0.2, 0) is 14.3 Å². The van der Waals surface area contributed by atoms with E-state index in [1.54, 1.807) is 6.92 Å². The monoisotopic (exact) mass is 479 g/mol. The van der Waals surface area contributed by atoms with Crippen LogP contribution in [0.5, 0.6) is 0 Å². The molecule has 0 bridgehead atoms. The molecular formula is C27H33N3O5. The summed E-state index contributed by atoms with van der Waals surface area (Å²) in [6, 6.07) is 16.2. The van der Waals surface area contributed by atoms with Crippen LogP contribution in [0.25, 0.3) is 11.1 Å². The molecule has 2 aliphatic carbocycles. The van der Waals surface area contributed by atoms with Gasteiger partial charge in [0.1, 0.15) is 18.7 Å². The summed E-state index contributed by atoms with van der Waals surface area (Å²) in [7, 11) is 3.72. The zero-order valence-corrected chi connectivity index (χ0v) is 20.5. The van der Waals surface area contributed by atoms with Crippen LogP contribution >= 0.6 is 0 Å². The SMILES string of the molecule is CN(C)CCN(CC(=O)O)C(=O)C(C)(NC(=O)OCC1c2ccccc2-c2ccccc21)C1CC1. The average Bonchev–Trinajstić information content (AvgIpc) is 3.63. The van der Waals surface area contributed by atoms with Gasteiger partial charge in [0.25, 0.3) is 0 Å². The van der Waals surface area contributed by atoms with E-state index in [-0.39, 0.29) is 25.0 Å². The smallest absolute Gasteiger partial charge is 0.408 e. The van der Waals surface area contributed by atoms with Gasteiger partial charge in [-0.25, -0.2) is 4.79 Å². The van der Waals surface area contributed by atoms with Crippen LogP contribution in [-0.4, -0.2) is 78.8 Å². The van der Waals surface area contributed by atoms with Crippen molar-refractivity contribution in [1.29, 1.82) is 0 Å². The number of nitrogens with zero attached hydrogens (tertiary/aromatic N) is 2. The average molecular weight is 480 g/mol. The van der Waals surface area contributed by atoms with Gasteiger partial charge in [-0.1, -0.05) is 48.5 Å². The van der Waals surface area contributed by atoms with Gasteiger partial charge in [-0.2, -0.15) is 0 Å². The van der Waals surface area contributed by atoms with Crippen molar-refractivity contribution < 1.29 is 24.2 Å². The van der Waals surface area contributed by atoms with Gasteiger partial charge in [0.2, 0.25) is 5.91 Å². The van der Waals surface area contributed by atoms with E-state index in [1.807, 2.05) is 55.4 Å². The number of nitrogens with one attached hydrogen (secondary N) is 1. The van der Waals surface area contributed by atoms with Gasteiger partial charge in [-0.3, -0.25) is 9.59 Å². The number of hydrogen-bond acceptors (Lipinski definition) is 5. The second kappa shape index (κ2) is 10.1. The molecule has 1 fully saturated rings. The van der Waals surface area contributed by atoms with Crippen molar-refractivity contribution in [1.82, 2.24) is 15.1 Å². The first-order valence-corrected chi connectivity index (χ1v) is 12.0. The Hall–Kier alpha value is -3.39. The minimum absolute atomic E-state index is 0.0499.